The quantitative estimate of drug-likeness (QED) is 0.652. The molecule has 0 bridgehead atoms. The molecule has 1 aromatic carbocycles. The third kappa shape index (κ3) is 3.33. The van der Waals surface area contributed by atoms with Crippen LogP contribution in [0, 0.1) is 0 Å². The Balaban J connectivity index is 1.61. The van der Waals surface area contributed by atoms with Gasteiger partial charge in [-0.3, -0.25) is 0 Å². The van der Waals surface area contributed by atoms with Gasteiger partial charge in [-0.25, -0.2) is 0 Å². The van der Waals surface area contributed by atoms with Crippen LogP contribution < -0.4 is 10.6 Å². The molecule has 0 saturated heterocycles. The lowest BCUT2D eigenvalue weighted by atomic mass is 10.1. The zero-order chi connectivity index (χ0) is 15.4. The summed E-state index contributed by atoms with van der Waals surface area (Å²) in [6.45, 7) is 4.88. The van der Waals surface area contributed by atoms with Crippen molar-refractivity contribution >= 4 is 22.7 Å². The van der Waals surface area contributed by atoms with Crippen LogP contribution in [0.15, 0.2) is 36.7 Å². The van der Waals surface area contributed by atoms with E-state index in [0.29, 0.717) is 12.0 Å². The summed E-state index contributed by atoms with van der Waals surface area (Å²) in [6, 6.07) is 8.62. The van der Waals surface area contributed by atoms with E-state index in [1.54, 1.807) is 6.20 Å². The van der Waals surface area contributed by atoms with Gasteiger partial charge in [0.15, 0.2) is 5.82 Å². The van der Waals surface area contributed by atoms with E-state index in [4.69, 9.17) is 0 Å². The minimum atomic E-state index is 0.316. The van der Waals surface area contributed by atoms with E-state index in [0.717, 1.165) is 18.8 Å². The average Bonchev–Trinajstić information content (AvgIpc) is 2.91. The molecule has 0 aliphatic rings. The van der Waals surface area contributed by atoms with Gasteiger partial charge in [-0.05, 0) is 31.9 Å². The van der Waals surface area contributed by atoms with Crippen molar-refractivity contribution in [1.82, 2.24) is 20.2 Å². The summed E-state index contributed by atoms with van der Waals surface area (Å²) in [5.74, 6) is 1.28. The predicted molar refractivity (Wildman–Crippen MR) is 89.1 cm³/mol. The lowest BCUT2D eigenvalue weighted by Crippen LogP contribution is -2.14. The number of nitrogens with zero attached hydrogens (tertiary/aromatic N) is 3. The summed E-state index contributed by atoms with van der Waals surface area (Å²) in [5, 5.41) is 15.7. The van der Waals surface area contributed by atoms with Gasteiger partial charge in [0.1, 0.15) is 0 Å². The monoisotopic (exact) mass is 296 g/mol. The summed E-state index contributed by atoms with van der Waals surface area (Å²) in [7, 11) is 0. The number of hydrogen-bond donors (Lipinski definition) is 3. The maximum Gasteiger partial charge on any atom is 0.244 e. The first-order chi connectivity index (χ1) is 10.7. The zero-order valence-electron chi connectivity index (χ0n) is 12.8. The Morgan fingerprint density at radius 3 is 2.95 bits per heavy atom. The van der Waals surface area contributed by atoms with E-state index in [2.05, 4.69) is 69.0 Å². The Bertz CT molecular complexity index is 749. The van der Waals surface area contributed by atoms with Crippen LogP contribution in [0.25, 0.3) is 10.9 Å². The number of fused-ring (bicyclic) bond motifs is 1. The molecule has 0 aliphatic carbocycles. The molecule has 3 rings (SSSR count). The summed E-state index contributed by atoms with van der Waals surface area (Å²) in [4.78, 5) is 7.68. The fraction of sp³-hybridized carbons (Fsp3) is 0.312. The second-order valence-electron chi connectivity index (χ2n) is 5.50. The molecular weight excluding hydrogens is 276 g/mol. The molecule has 2 aromatic heterocycles. The number of benzene rings is 1. The first kappa shape index (κ1) is 14.3. The molecule has 0 atom stereocenters. The van der Waals surface area contributed by atoms with Crippen molar-refractivity contribution in [2.75, 3.05) is 17.2 Å². The summed E-state index contributed by atoms with van der Waals surface area (Å²) in [5.41, 5.74) is 2.45. The van der Waals surface area contributed by atoms with E-state index in [9.17, 15) is 0 Å². The van der Waals surface area contributed by atoms with Crippen molar-refractivity contribution in [1.29, 1.82) is 0 Å². The van der Waals surface area contributed by atoms with Crippen LogP contribution in [0.1, 0.15) is 19.4 Å². The number of H-pyrrole nitrogens is 1. The molecule has 3 N–H and O–H groups in total. The van der Waals surface area contributed by atoms with Crippen molar-refractivity contribution in [3.8, 4) is 0 Å². The molecule has 0 fully saturated rings. The molecule has 3 aromatic rings. The third-order valence-electron chi connectivity index (χ3n) is 3.35. The molecule has 6 heteroatoms. The van der Waals surface area contributed by atoms with Crippen molar-refractivity contribution in [2.45, 2.75) is 26.3 Å². The molecule has 0 saturated carbocycles. The maximum absolute atomic E-state index is 4.39. The first-order valence-electron chi connectivity index (χ1n) is 7.47. The Kier molecular flexibility index (Phi) is 4.18. The standard InChI is InChI=1S/C16H20N6/c1-11(2)20-15-10-19-22-16(21-15)17-8-7-12-9-18-14-6-4-3-5-13(12)14/h3-6,9-11,18H,7-8H2,1-2H3,(H2,17,20,21,22). The number of hydrogen-bond acceptors (Lipinski definition) is 5. The van der Waals surface area contributed by atoms with Gasteiger partial charge >= 0.3 is 0 Å². The number of para-hydroxylation sites is 1. The molecule has 2 heterocycles. The highest BCUT2D eigenvalue weighted by Crippen LogP contribution is 2.18. The molecule has 114 valence electrons. The second-order valence-corrected chi connectivity index (χ2v) is 5.50. The number of aromatic nitrogens is 4. The van der Waals surface area contributed by atoms with Crippen molar-refractivity contribution in [3.05, 3.63) is 42.2 Å². The molecule has 22 heavy (non-hydrogen) atoms. The molecule has 6 nitrogen and oxygen atoms in total. The van der Waals surface area contributed by atoms with Gasteiger partial charge in [0.2, 0.25) is 5.95 Å². The Hall–Kier alpha value is -2.63. The smallest absolute Gasteiger partial charge is 0.244 e. The Morgan fingerprint density at radius 2 is 2.09 bits per heavy atom. The molecular formula is C16H20N6. The van der Waals surface area contributed by atoms with E-state index in [-0.39, 0.29) is 0 Å². The van der Waals surface area contributed by atoms with E-state index in [1.807, 2.05) is 6.07 Å². The fourth-order valence-corrected chi connectivity index (χ4v) is 2.39. The number of anilines is 2. The second kappa shape index (κ2) is 6.43. The third-order valence-corrected chi connectivity index (χ3v) is 3.35. The van der Waals surface area contributed by atoms with E-state index >= 15 is 0 Å². The van der Waals surface area contributed by atoms with Crippen LogP contribution in [0.3, 0.4) is 0 Å². The Labute approximate surface area is 129 Å². The number of nitrogens with one attached hydrogen (secondary N) is 3. The fourth-order valence-electron chi connectivity index (χ4n) is 2.39. The maximum atomic E-state index is 4.39. The molecule has 0 aliphatic heterocycles. The topological polar surface area (TPSA) is 78.5 Å². The number of rotatable bonds is 6. The molecule has 0 unspecified atom stereocenters. The summed E-state index contributed by atoms with van der Waals surface area (Å²) >= 11 is 0. The highest BCUT2D eigenvalue weighted by molar-refractivity contribution is 5.83. The lowest BCUT2D eigenvalue weighted by Gasteiger charge is -2.09. The van der Waals surface area contributed by atoms with E-state index in [1.165, 1.54) is 16.5 Å². The predicted octanol–water partition coefficient (Wildman–Crippen LogP) is 2.83. The van der Waals surface area contributed by atoms with Crippen LogP contribution in [-0.2, 0) is 6.42 Å². The van der Waals surface area contributed by atoms with Gasteiger partial charge in [-0.15, -0.1) is 5.10 Å². The van der Waals surface area contributed by atoms with E-state index < -0.39 is 0 Å². The van der Waals surface area contributed by atoms with Gasteiger partial charge in [0.25, 0.3) is 0 Å². The van der Waals surface area contributed by atoms with Crippen molar-refractivity contribution < 1.29 is 0 Å². The summed E-state index contributed by atoms with van der Waals surface area (Å²) in [6.07, 6.45) is 4.59. The SMILES string of the molecule is CC(C)Nc1cnnc(NCCc2c[nH]c3ccccc23)n1. The van der Waals surface area contributed by atoms with Crippen molar-refractivity contribution in [3.63, 3.8) is 0 Å². The summed E-state index contributed by atoms with van der Waals surface area (Å²) < 4.78 is 0. The van der Waals surface area contributed by atoms with Gasteiger partial charge in [0.05, 0.1) is 6.20 Å². The molecule has 0 amide bonds. The van der Waals surface area contributed by atoms with Gasteiger partial charge in [-0.1, -0.05) is 18.2 Å². The normalized spacial score (nSPS) is 11.0. The molecule has 0 radical (unpaired) electrons. The van der Waals surface area contributed by atoms with Crippen LogP contribution in [-0.4, -0.2) is 32.8 Å². The minimum Gasteiger partial charge on any atom is -0.366 e. The largest absolute Gasteiger partial charge is 0.366 e. The Morgan fingerprint density at radius 1 is 1.23 bits per heavy atom. The van der Waals surface area contributed by atoms with Crippen LogP contribution in [0.2, 0.25) is 0 Å². The first-order valence-corrected chi connectivity index (χ1v) is 7.47. The minimum absolute atomic E-state index is 0.316. The van der Waals surface area contributed by atoms with Gasteiger partial charge in [0, 0.05) is 29.7 Å². The van der Waals surface area contributed by atoms with Gasteiger partial charge < -0.3 is 15.6 Å². The lowest BCUT2D eigenvalue weighted by molar-refractivity contribution is 0.866. The highest BCUT2D eigenvalue weighted by atomic mass is 15.3. The van der Waals surface area contributed by atoms with Crippen LogP contribution >= 0.6 is 0 Å². The number of aromatic amines is 1. The van der Waals surface area contributed by atoms with Gasteiger partial charge in [-0.2, -0.15) is 10.1 Å². The highest BCUT2D eigenvalue weighted by Gasteiger charge is 2.04. The zero-order valence-corrected chi connectivity index (χ0v) is 12.8. The van der Waals surface area contributed by atoms with Crippen LogP contribution in [0.5, 0.6) is 0 Å². The molecule has 0 spiro atoms. The van der Waals surface area contributed by atoms with Crippen molar-refractivity contribution in [2.24, 2.45) is 0 Å². The van der Waals surface area contributed by atoms with Crippen LogP contribution in [0.4, 0.5) is 11.8 Å². The average molecular weight is 296 g/mol.